The molecule has 3 N–H and O–H groups in total. The van der Waals surface area contributed by atoms with Crippen LogP contribution in [0.5, 0.6) is 0 Å². The molecule has 0 aliphatic rings. The minimum Gasteiger partial charge on any atom is -0.480 e. The van der Waals surface area contributed by atoms with Crippen LogP contribution < -0.4 is 10.6 Å². The number of furan rings is 1. The molecule has 1 heterocycles. The Labute approximate surface area is 116 Å². The molecule has 0 saturated carbocycles. The molecule has 0 fully saturated rings. The Kier molecular flexibility index (Phi) is 5.76. The Bertz CT molecular complexity index is 469. The van der Waals surface area contributed by atoms with Crippen LogP contribution in [0.1, 0.15) is 37.2 Å². The molecule has 0 aromatic carbocycles. The lowest BCUT2D eigenvalue weighted by atomic mass is 10.1. The minimum absolute atomic E-state index is 0.0907. The number of carbonyl (C=O) groups excluding carboxylic acids is 2. The van der Waals surface area contributed by atoms with Crippen molar-refractivity contribution in [3.8, 4) is 0 Å². The van der Waals surface area contributed by atoms with Gasteiger partial charge in [-0.15, -0.1) is 0 Å². The molecule has 0 aliphatic carbocycles. The van der Waals surface area contributed by atoms with Gasteiger partial charge in [0.15, 0.2) is 5.76 Å². The van der Waals surface area contributed by atoms with Crippen LogP contribution in [0.25, 0.3) is 0 Å². The fraction of sp³-hybridized carbons (Fsp3) is 0.462. The first-order valence-electron chi connectivity index (χ1n) is 6.33. The van der Waals surface area contributed by atoms with E-state index in [1.165, 1.54) is 19.3 Å². The van der Waals surface area contributed by atoms with Crippen LogP contribution in [0.3, 0.4) is 0 Å². The van der Waals surface area contributed by atoms with Crippen molar-refractivity contribution < 1.29 is 23.9 Å². The number of carboxylic acids is 1. The molecule has 1 aromatic rings. The van der Waals surface area contributed by atoms with E-state index in [1.54, 1.807) is 6.07 Å². The molecular weight excluding hydrogens is 264 g/mol. The van der Waals surface area contributed by atoms with Gasteiger partial charge in [0.2, 0.25) is 5.91 Å². The maximum absolute atomic E-state index is 11.8. The first kappa shape index (κ1) is 15.7. The second-order valence-corrected chi connectivity index (χ2v) is 4.36. The quantitative estimate of drug-likeness (QED) is 0.684. The van der Waals surface area contributed by atoms with E-state index >= 15 is 0 Å². The molecule has 0 spiro atoms. The van der Waals surface area contributed by atoms with Gasteiger partial charge in [-0.05, 0) is 25.5 Å². The number of nitrogens with one attached hydrogen (secondary N) is 2. The van der Waals surface area contributed by atoms with Crippen molar-refractivity contribution in [1.29, 1.82) is 0 Å². The lowest BCUT2D eigenvalue weighted by Crippen LogP contribution is -2.50. The Morgan fingerprint density at radius 1 is 1.35 bits per heavy atom. The summed E-state index contributed by atoms with van der Waals surface area (Å²) in [6.45, 7) is 3.30. The third-order valence-corrected chi connectivity index (χ3v) is 2.68. The summed E-state index contributed by atoms with van der Waals surface area (Å²) in [7, 11) is 0. The van der Waals surface area contributed by atoms with Gasteiger partial charge in [0.05, 0.1) is 6.26 Å². The normalized spacial score (nSPS) is 13.3. The second kappa shape index (κ2) is 7.32. The number of hydrogen-bond acceptors (Lipinski definition) is 4. The minimum atomic E-state index is -1.09. The van der Waals surface area contributed by atoms with E-state index in [2.05, 4.69) is 10.6 Å². The summed E-state index contributed by atoms with van der Waals surface area (Å²) in [5, 5.41) is 13.8. The van der Waals surface area contributed by atoms with Gasteiger partial charge < -0.3 is 20.2 Å². The number of aliphatic carboxylic acids is 1. The Morgan fingerprint density at radius 2 is 2.05 bits per heavy atom. The number of rotatable bonds is 7. The fourth-order valence-electron chi connectivity index (χ4n) is 1.58. The van der Waals surface area contributed by atoms with Crippen molar-refractivity contribution in [3.63, 3.8) is 0 Å². The number of carbonyl (C=O) groups is 3. The van der Waals surface area contributed by atoms with Gasteiger partial charge in [0, 0.05) is 0 Å². The number of hydrogen-bond donors (Lipinski definition) is 3. The van der Waals surface area contributed by atoms with E-state index in [0.717, 1.165) is 0 Å². The predicted molar refractivity (Wildman–Crippen MR) is 70.1 cm³/mol. The summed E-state index contributed by atoms with van der Waals surface area (Å²) in [6.07, 6.45) is 2.31. The van der Waals surface area contributed by atoms with Crippen molar-refractivity contribution in [3.05, 3.63) is 24.2 Å². The van der Waals surface area contributed by atoms with Crippen LogP contribution in [0, 0.1) is 0 Å². The third kappa shape index (κ3) is 4.42. The molecule has 2 amide bonds. The average Bonchev–Trinajstić information content (AvgIpc) is 2.91. The molecule has 2 atom stereocenters. The lowest BCUT2D eigenvalue weighted by molar-refractivity contribution is -0.142. The Hall–Kier alpha value is -2.31. The van der Waals surface area contributed by atoms with E-state index in [-0.39, 0.29) is 5.76 Å². The van der Waals surface area contributed by atoms with Gasteiger partial charge >= 0.3 is 5.97 Å². The van der Waals surface area contributed by atoms with Gasteiger partial charge in [-0.2, -0.15) is 0 Å². The predicted octanol–water partition coefficient (Wildman–Crippen LogP) is 0.767. The topological polar surface area (TPSA) is 109 Å². The van der Waals surface area contributed by atoms with Gasteiger partial charge in [-0.3, -0.25) is 9.59 Å². The van der Waals surface area contributed by atoms with Gasteiger partial charge in [-0.1, -0.05) is 13.3 Å². The maximum atomic E-state index is 11.8. The molecule has 1 aromatic heterocycles. The molecule has 20 heavy (non-hydrogen) atoms. The summed E-state index contributed by atoms with van der Waals surface area (Å²) in [4.78, 5) is 34.4. The zero-order chi connectivity index (χ0) is 15.1. The summed E-state index contributed by atoms with van der Waals surface area (Å²) >= 11 is 0. The first-order valence-corrected chi connectivity index (χ1v) is 6.33. The molecular formula is C13H18N2O5. The summed E-state index contributed by atoms with van der Waals surface area (Å²) in [5.74, 6) is -2.08. The van der Waals surface area contributed by atoms with Gasteiger partial charge in [-0.25, -0.2) is 4.79 Å². The van der Waals surface area contributed by atoms with Crippen LogP contribution >= 0.6 is 0 Å². The fourth-order valence-corrected chi connectivity index (χ4v) is 1.58. The first-order chi connectivity index (χ1) is 9.45. The van der Waals surface area contributed by atoms with Crippen LogP contribution in [0.2, 0.25) is 0 Å². The summed E-state index contributed by atoms with van der Waals surface area (Å²) in [6, 6.07) is 1.22. The molecule has 1 rings (SSSR count). The highest BCUT2D eigenvalue weighted by Crippen LogP contribution is 2.01. The van der Waals surface area contributed by atoms with Crippen LogP contribution in [0.15, 0.2) is 22.8 Å². The number of amides is 2. The average molecular weight is 282 g/mol. The Balaban J connectivity index is 2.54. The van der Waals surface area contributed by atoms with Gasteiger partial charge in [0.25, 0.3) is 5.91 Å². The van der Waals surface area contributed by atoms with E-state index in [9.17, 15) is 14.4 Å². The van der Waals surface area contributed by atoms with E-state index in [0.29, 0.717) is 12.8 Å². The molecule has 7 heteroatoms. The second-order valence-electron chi connectivity index (χ2n) is 4.36. The highest BCUT2D eigenvalue weighted by atomic mass is 16.4. The van der Waals surface area contributed by atoms with Gasteiger partial charge in [0.1, 0.15) is 12.1 Å². The lowest BCUT2D eigenvalue weighted by Gasteiger charge is -2.17. The number of carboxylic acid groups (broad SMARTS) is 1. The van der Waals surface area contributed by atoms with E-state index in [4.69, 9.17) is 9.52 Å². The third-order valence-electron chi connectivity index (χ3n) is 2.68. The Morgan fingerprint density at radius 3 is 2.55 bits per heavy atom. The van der Waals surface area contributed by atoms with Crippen molar-refractivity contribution in [1.82, 2.24) is 10.6 Å². The van der Waals surface area contributed by atoms with Crippen molar-refractivity contribution in [2.75, 3.05) is 0 Å². The van der Waals surface area contributed by atoms with Crippen molar-refractivity contribution in [2.45, 2.75) is 38.8 Å². The SMILES string of the molecule is CCCC(NC(=O)C(C)NC(=O)c1ccco1)C(=O)O. The van der Waals surface area contributed by atoms with Crippen LogP contribution in [-0.2, 0) is 9.59 Å². The molecule has 0 saturated heterocycles. The van der Waals surface area contributed by atoms with Crippen LogP contribution in [0.4, 0.5) is 0 Å². The molecule has 0 radical (unpaired) electrons. The maximum Gasteiger partial charge on any atom is 0.326 e. The smallest absolute Gasteiger partial charge is 0.326 e. The largest absolute Gasteiger partial charge is 0.480 e. The van der Waals surface area contributed by atoms with Crippen molar-refractivity contribution in [2.24, 2.45) is 0 Å². The monoisotopic (exact) mass is 282 g/mol. The summed E-state index contributed by atoms with van der Waals surface area (Å²) in [5.41, 5.74) is 0. The van der Waals surface area contributed by atoms with Crippen molar-refractivity contribution >= 4 is 17.8 Å². The van der Waals surface area contributed by atoms with Crippen LogP contribution in [-0.4, -0.2) is 35.0 Å². The zero-order valence-corrected chi connectivity index (χ0v) is 11.4. The molecule has 0 aliphatic heterocycles. The van der Waals surface area contributed by atoms with E-state index in [1.807, 2.05) is 6.92 Å². The molecule has 2 unspecified atom stereocenters. The highest BCUT2D eigenvalue weighted by Gasteiger charge is 2.23. The summed E-state index contributed by atoms with van der Waals surface area (Å²) < 4.78 is 4.90. The molecule has 0 bridgehead atoms. The molecule has 110 valence electrons. The standard InChI is InChI=1S/C13H18N2O5/c1-3-5-9(13(18)19)15-11(16)8(2)14-12(17)10-6-4-7-20-10/h4,6-9H,3,5H2,1-2H3,(H,14,17)(H,15,16)(H,18,19). The molecule has 7 nitrogen and oxygen atoms in total. The highest BCUT2D eigenvalue weighted by molar-refractivity contribution is 5.96. The van der Waals surface area contributed by atoms with E-state index < -0.39 is 29.9 Å². The zero-order valence-electron chi connectivity index (χ0n) is 11.4.